The van der Waals surface area contributed by atoms with E-state index in [1.807, 2.05) is 19.9 Å². The molecule has 0 aliphatic carbocycles. The molecule has 1 aliphatic heterocycles. The molecule has 94 valence electrons. The van der Waals surface area contributed by atoms with Crippen molar-refractivity contribution in [3.63, 3.8) is 0 Å². The van der Waals surface area contributed by atoms with Gasteiger partial charge in [-0.15, -0.1) is 0 Å². The van der Waals surface area contributed by atoms with E-state index in [0.717, 1.165) is 5.56 Å². The first-order chi connectivity index (χ1) is 7.82. The minimum absolute atomic E-state index is 0.244. The largest absolute Gasteiger partial charge is 0.385 e. The van der Waals surface area contributed by atoms with Crippen LogP contribution in [-0.4, -0.2) is 17.3 Å². The van der Waals surface area contributed by atoms with E-state index in [2.05, 4.69) is 26.0 Å². The summed E-state index contributed by atoms with van der Waals surface area (Å²) in [4.78, 5) is 0. The molecular weight excluding hydrogens is 212 g/mol. The van der Waals surface area contributed by atoms with Crippen molar-refractivity contribution in [1.82, 2.24) is 0 Å². The molecular formula is C15H22O2. The van der Waals surface area contributed by atoms with Crippen LogP contribution in [0, 0.1) is 13.8 Å². The first kappa shape index (κ1) is 12.6. The maximum Gasteiger partial charge on any atom is 0.0945 e. The Bertz CT molecular complexity index is 423. The Hall–Kier alpha value is -0.860. The van der Waals surface area contributed by atoms with Crippen LogP contribution in [0.25, 0.3) is 0 Å². The highest BCUT2D eigenvalue weighted by Crippen LogP contribution is 2.39. The van der Waals surface area contributed by atoms with Crippen LogP contribution < -0.4 is 0 Å². The molecule has 0 amide bonds. The summed E-state index contributed by atoms with van der Waals surface area (Å²) in [6.45, 7) is 8.89. The van der Waals surface area contributed by atoms with Gasteiger partial charge in [-0.3, -0.25) is 0 Å². The Kier molecular flexibility index (Phi) is 3.04. The number of hydrogen-bond donors (Lipinski definition) is 1. The lowest BCUT2D eigenvalue weighted by Crippen LogP contribution is -2.43. The minimum Gasteiger partial charge on any atom is -0.385 e. The predicted octanol–water partition coefficient (Wildman–Crippen LogP) is 3.08. The van der Waals surface area contributed by atoms with Gasteiger partial charge in [0.15, 0.2) is 0 Å². The topological polar surface area (TPSA) is 29.5 Å². The van der Waals surface area contributed by atoms with Gasteiger partial charge in [0, 0.05) is 12.8 Å². The predicted molar refractivity (Wildman–Crippen MR) is 69.1 cm³/mol. The summed E-state index contributed by atoms with van der Waals surface area (Å²) in [5.41, 5.74) is 2.55. The van der Waals surface area contributed by atoms with Crippen molar-refractivity contribution in [1.29, 1.82) is 0 Å². The average molecular weight is 234 g/mol. The van der Waals surface area contributed by atoms with Crippen molar-refractivity contribution < 1.29 is 9.84 Å². The fourth-order valence-corrected chi connectivity index (χ4v) is 2.62. The summed E-state index contributed by atoms with van der Waals surface area (Å²) in [6, 6.07) is 6.24. The summed E-state index contributed by atoms with van der Waals surface area (Å²) in [6.07, 6.45) is 1.33. The number of aliphatic hydroxyl groups is 1. The molecule has 1 unspecified atom stereocenters. The Morgan fingerprint density at radius 3 is 2.47 bits per heavy atom. The average Bonchev–Trinajstić information content (AvgIpc) is 2.20. The van der Waals surface area contributed by atoms with E-state index in [0.29, 0.717) is 19.4 Å². The zero-order valence-corrected chi connectivity index (χ0v) is 11.2. The number of rotatable bonds is 1. The first-order valence-corrected chi connectivity index (χ1v) is 6.27. The molecule has 2 nitrogen and oxygen atoms in total. The second kappa shape index (κ2) is 4.11. The van der Waals surface area contributed by atoms with Crippen molar-refractivity contribution in [2.75, 3.05) is 6.61 Å². The van der Waals surface area contributed by atoms with E-state index < -0.39 is 5.60 Å². The summed E-state index contributed by atoms with van der Waals surface area (Å²) >= 11 is 0. The highest BCUT2D eigenvalue weighted by molar-refractivity contribution is 5.33. The van der Waals surface area contributed by atoms with Gasteiger partial charge in [0.25, 0.3) is 0 Å². The number of aryl methyl sites for hydroxylation is 2. The molecule has 1 aliphatic rings. The fourth-order valence-electron chi connectivity index (χ4n) is 2.62. The molecule has 2 heteroatoms. The zero-order valence-electron chi connectivity index (χ0n) is 11.2. The monoisotopic (exact) mass is 234 g/mol. The van der Waals surface area contributed by atoms with Gasteiger partial charge in [0.05, 0.1) is 17.8 Å². The van der Waals surface area contributed by atoms with Crippen LogP contribution in [-0.2, 0) is 10.3 Å². The molecule has 0 aromatic heterocycles. The molecule has 0 saturated carbocycles. The molecule has 17 heavy (non-hydrogen) atoms. The summed E-state index contributed by atoms with van der Waals surface area (Å²) in [5, 5.41) is 10.8. The van der Waals surface area contributed by atoms with Crippen molar-refractivity contribution in [3.8, 4) is 0 Å². The smallest absolute Gasteiger partial charge is 0.0945 e. The Morgan fingerprint density at radius 1 is 1.18 bits per heavy atom. The quantitative estimate of drug-likeness (QED) is 0.809. The van der Waals surface area contributed by atoms with Gasteiger partial charge in [0.2, 0.25) is 0 Å². The Morgan fingerprint density at radius 2 is 1.88 bits per heavy atom. The maximum absolute atomic E-state index is 10.8. The van der Waals surface area contributed by atoms with E-state index in [-0.39, 0.29) is 5.60 Å². The van der Waals surface area contributed by atoms with Crippen LogP contribution in [0.15, 0.2) is 18.2 Å². The van der Waals surface area contributed by atoms with E-state index in [9.17, 15) is 5.11 Å². The van der Waals surface area contributed by atoms with Crippen LogP contribution in [0.1, 0.15) is 43.4 Å². The van der Waals surface area contributed by atoms with Crippen molar-refractivity contribution in [2.45, 2.75) is 51.7 Å². The van der Waals surface area contributed by atoms with Gasteiger partial charge in [-0.2, -0.15) is 0 Å². The summed E-state index contributed by atoms with van der Waals surface area (Å²) in [7, 11) is 0. The molecule has 0 radical (unpaired) electrons. The zero-order chi connectivity index (χ0) is 12.7. The lowest BCUT2D eigenvalue weighted by atomic mass is 9.79. The van der Waals surface area contributed by atoms with Gasteiger partial charge >= 0.3 is 0 Å². The molecule has 0 spiro atoms. The maximum atomic E-state index is 10.8. The van der Waals surface area contributed by atoms with Gasteiger partial charge in [-0.25, -0.2) is 0 Å². The standard InChI is InChI=1S/C15H22O2/c1-11-5-6-13(9-12(11)2)15(16)7-8-17-14(3,4)10-15/h5-6,9,16H,7-8,10H2,1-4H3. The first-order valence-electron chi connectivity index (χ1n) is 6.27. The van der Waals surface area contributed by atoms with Crippen LogP contribution in [0.3, 0.4) is 0 Å². The molecule has 1 heterocycles. The molecule has 1 saturated heterocycles. The third-order valence-corrected chi connectivity index (χ3v) is 3.77. The lowest BCUT2D eigenvalue weighted by molar-refractivity contribution is -0.148. The van der Waals surface area contributed by atoms with Gasteiger partial charge in [-0.05, 0) is 44.4 Å². The number of benzene rings is 1. The number of ether oxygens (including phenoxy) is 1. The van der Waals surface area contributed by atoms with Crippen LogP contribution >= 0.6 is 0 Å². The number of hydrogen-bond acceptors (Lipinski definition) is 2. The van der Waals surface area contributed by atoms with Gasteiger partial charge in [-0.1, -0.05) is 18.2 Å². The molecule has 1 aromatic carbocycles. The fraction of sp³-hybridized carbons (Fsp3) is 0.600. The van der Waals surface area contributed by atoms with Crippen LogP contribution in [0.4, 0.5) is 0 Å². The second-order valence-corrected chi connectivity index (χ2v) is 5.87. The van der Waals surface area contributed by atoms with Crippen LogP contribution in [0.2, 0.25) is 0 Å². The lowest BCUT2D eigenvalue weighted by Gasteiger charge is -2.42. The van der Waals surface area contributed by atoms with E-state index in [1.165, 1.54) is 11.1 Å². The third kappa shape index (κ3) is 2.53. The molecule has 2 rings (SSSR count). The Balaban J connectivity index is 2.34. The van der Waals surface area contributed by atoms with E-state index >= 15 is 0 Å². The SMILES string of the molecule is Cc1ccc(C2(O)CCOC(C)(C)C2)cc1C. The van der Waals surface area contributed by atoms with E-state index in [1.54, 1.807) is 0 Å². The minimum atomic E-state index is -0.736. The molecule has 1 fully saturated rings. The second-order valence-electron chi connectivity index (χ2n) is 5.87. The highest BCUT2D eigenvalue weighted by atomic mass is 16.5. The van der Waals surface area contributed by atoms with Crippen LogP contribution in [0.5, 0.6) is 0 Å². The molecule has 0 bridgehead atoms. The van der Waals surface area contributed by atoms with E-state index in [4.69, 9.17) is 4.74 Å². The molecule has 1 aromatic rings. The van der Waals surface area contributed by atoms with Crippen molar-refractivity contribution in [2.24, 2.45) is 0 Å². The van der Waals surface area contributed by atoms with Gasteiger partial charge in [0.1, 0.15) is 0 Å². The Labute approximate surface area is 104 Å². The third-order valence-electron chi connectivity index (χ3n) is 3.77. The summed E-state index contributed by atoms with van der Waals surface area (Å²) in [5.74, 6) is 0. The molecule has 1 N–H and O–H groups in total. The molecule has 1 atom stereocenters. The van der Waals surface area contributed by atoms with Crippen molar-refractivity contribution >= 4 is 0 Å². The van der Waals surface area contributed by atoms with Crippen molar-refractivity contribution in [3.05, 3.63) is 34.9 Å². The van der Waals surface area contributed by atoms with Gasteiger partial charge < -0.3 is 9.84 Å². The normalized spacial score (nSPS) is 28.1. The summed E-state index contributed by atoms with van der Waals surface area (Å²) < 4.78 is 5.68. The highest BCUT2D eigenvalue weighted by Gasteiger charge is 2.40.